The van der Waals surface area contributed by atoms with E-state index in [1.807, 2.05) is 6.92 Å². The molecule has 2 atom stereocenters. The molecular formula is C16H16FN3O2S. The van der Waals surface area contributed by atoms with E-state index in [4.69, 9.17) is 0 Å². The molecule has 1 aliphatic rings. The van der Waals surface area contributed by atoms with E-state index in [-0.39, 0.29) is 17.4 Å². The van der Waals surface area contributed by atoms with Gasteiger partial charge in [0.05, 0.1) is 11.3 Å². The van der Waals surface area contributed by atoms with Crippen LogP contribution in [0.5, 0.6) is 0 Å². The van der Waals surface area contributed by atoms with Crippen LogP contribution in [0.15, 0.2) is 34.8 Å². The van der Waals surface area contributed by atoms with Crippen molar-refractivity contribution in [1.29, 1.82) is 0 Å². The SMILES string of the molecule is C[C@H]1C[C@@H]1C(=O)Nc1ccc(F)cc1C(=O)N=c1sccn1C. The minimum absolute atomic E-state index is 0.0324. The van der Waals surface area contributed by atoms with Crippen molar-refractivity contribution in [3.63, 3.8) is 0 Å². The Kier molecular flexibility index (Phi) is 4.12. The zero-order valence-corrected chi connectivity index (χ0v) is 13.6. The average Bonchev–Trinajstić information content (AvgIpc) is 3.12. The Bertz CT molecular complexity index is 840. The normalized spacial score (nSPS) is 20.4. The number of hydrogen-bond donors (Lipinski definition) is 1. The molecule has 0 unspecified atom stereocenters. The number of thiazole rings is 1. The molecule has 5 nitrogen and oxygen atoms in total. The van der Waals surface area contributed by atoms with Gasteiger partial charge in [0.15, 0.2) is 4.80 Å². The first-order valence-corrected chi connectivity index (χ1v) is 8.13. The summed E-state index contributed by atoms with van der Waals surface area (Å²) in [5.41, 5.74) is 0.350. The average molecular weight is 333 g/mol. The largest absolute Gasteiger partial charge is 0.327 e. The van der Waals surface area contributed by atoms with Gasteiger partial charge in [0, 0.05) is 24.5 Å². The third-order valence-electron chi connectivity index (χ3n) is 3.87. The van der Waals surface area contributed by atoms with Crippen molar-refractivity contribution < 1.29 is 14.0 Å². The number of nitrogens with one attached hydrogen (secondary N) is 1. The first-order valence-electron chi connectivity index (χ1n) is 7.25. The first-order chi connectivity index (χ1) is 11.0. The Morgan fingerprint density at radius 2 is 2.17 bits per heavy atom. The molecule has 0 radical (unpaired) electrons. The molecule has 1 aliphatic carbocycles. The summed E-state index contributed by atoms with van der Waals surface area (Å²) >= 11 is 1.31. The van der Waals surface area contributed by atoms with Crippen LogP contribution in [-0.4, -0.2) is 16.4 Å². The molecule has 0 saturated heterocycles. The summed E-state index contributed by atoms with van der Waals surface area (Å²) in [6.07, 6.45) is 2.62. The quantitative estimate of drug-likeness (QED) is 0.938. The van der Waals surface area contributed by atoms with Gasteiger partial charge >= 0.3 is 0 Å². The van der Waals surface area contributed by atoms with Crippen LogP contribution in [0, 0.1) is 17.7 Å². The van der Waals surface area contributed by atoms with Crippen molar-refractivity contribution in [1.82, 2.24) is 4.57 Å². The molecule has 0 spiro atoms. The second kappa shape index (κ2) is 6.08. The van der Waals surface area contributed by atoms with E-state index in [9.17, 15) is 14.0 Å². The molecule has 2 amide bonds. The summed E-state index contributed by atoms with van der Waals surface area (Å²) in [5.74, 6) is -0.946. The van der Waals surface area contributed by atoms with E-state index in [2.05, 4.69) is 10.3 Å². The van der Waals surface area contributed by atoms with Crippen LogP contribution >= 0.6 is 11.3 Å². The number of carbonyl (C=O) groups is 2. The van der Waals surface area contributed by atoms with Gasteiger partial charge in [-0.3, -0.25) is 9.59 Å². The number of rotatable bonds is 3. The highest BCUT2D eigenvalue weighted by atomic mass is 32.1. The zero-order valence-electron chi connectivity index (χ0n) is 12.7. The van der Waals surface area contributed by atoms with Crippen molar-refractivity contribution in [2.45, 2.75) is 13.3 Å². The maximum atomic E-state index is 13.5. The van der Waals surface area contributed by atoms with Crippen molar-refractivity contribution in [3.8, 4) is 0 Å². The monoisotopic (exact) mass is 333 g/mol. The molecule has 3 rings (SSSR count). The van der Waals surface area contributed by atoms with E-state index in [0.717, 1.165) is 12.5 Å². The predicted molar refractivity (Wildman–Crippen MR) is 85.5 cm³/mol. The lowest BCUT2D eigenvalue weighted by molar-refractivity contribution is -0.117. The molecule has 1 aromatic carbocycles. The minimum atomic E-state index is -0.582. The van der Waals surface area contributed by atoms with Crippen molar-refractivity contribution in [2.75, 3.05) is 5.32 Å². The second-order valence-electron chi connectivity index (χ2n) is 5.71. The molecule has 120 valence electrons. The maximum Gasteiger partial charge on any atom is 0.281 e. The first kappa shape index (κ1) is 15.6. The fourth-order valence-electron chi connectivity index (χ4n) is 2.30. The number of aromatic nitrogens is 1. The van der Waals surface area contributed by atoms with E-state index in [0.29, 0.717) is 16.4 Å². The third-order valence-corrected chi connectivity index (χ3v) is 4.72. The van der Waals surface area contributed by atoms with E-state index in [1.54, 1.807) is 23.2 Å². The van der Waals surface area contributed by atoms with Crippen LogP contribution in [0.25, 0.3) is 0 Å². The Hall–Kier alpha value is -2.28. The third kappa shape index (κ3) is 3.39. The zero-order chi connectivity index (χ0) is 16.6. The Balaban J connectivity index is 1.91. The number of amides is 2. The maximum absolute atomic E-state index is 13.5. The summed E-state index contributed by atoms with van der Waals surface area (Å²) in [6.45, 7) is 1.99. The summed E-state index contributed by atoms with van der Waals surface area (Å²) in [7, 11) is 1.77. The number of carbonyl (C=O) groups excluding carboxylic acids is 2. The number of benzene rings is 1. The second-order valence-corrected chi connectivity index (χ2v) is 6.59. The fourth-order valence-corrected chi connectivity index (χ4v) is 3.02. The standard InChI is InChI=1S/C16H16FN3O2S/c1-9-7-11(9)14(21)18-13-4-3-10(17)8-12(13)15(22)19-16-20(2)5-6-23-16/h3-6,8-9,11H,7H2,1-2H3,(H,18,21)/t9-,11-/m0/s1. The van der Waals surface area contributed by atoms with Gasteiger partial charge in [0.1, 0.15) is 5.82 Å². The van der Waals surface area contributed by atoms with Gasteiger partial charge in [-0.2, -0.15) is 4.99 Å². The minimum Gasteiger partial charge on any atom is -0.327 e. The van der Waals surface area contributed by atoms with E-state index < -0.39 is 11.7 Å². The van der Waals surface area contributed by atoms with Crippen LogP contribution in [0.4, 0.5) is 10.1 Å². The lowest BCUT2D eigenvalue weighted by Gasteiger charge is -2.08. The predicted octanol–water partition coefficient (Wildman–Crippen LogP) is 2.56. The molecular weight excluding hydrogens is 317 g/mol. The highest BCUT2D eigenvalue weighted by molar-refractivity contribution is 7.07. The van der Waals surface area contributed by atoms with Crippen LogP contribution in [0.2, 0.25) is 0 Å². The van der Waals surface area contributed by atoms with Crippen LogP contribution < -0.4 is 10.1 Å². The molecule has 1 aromatic heterocycles. The lowest BCUT2D eigenvalue weighted by atomic mass is 10.1. The Morgan fingerprint density at radius 1 is 1.43 bits per heavy atom. The number of nitrogens with zero attached hydrogens (tertiary/aromatic N) is 2. The molecule has 1 N–H and O–H groups in total. The lowest BCUT2D eigenvalue weighted by Crippen LogP contribution is -2.18. The number of anilines is 1. The highest BCUT2D eigenvalue weighted by Gasteiger charge is 2.39. The summed E-state index contributed by atoms with van der Waals surface area (Å²) in [4.78, 5) is 28.9. The molecule has 1 saturated carbocycles. The number of aryl methyl sites for hydroxylation is 1. The fraction of sp³-hybridized carbons (Fsp3) is 0.312. The summed E-state index contributed by atoms with van der Waals surface area (Å²) in [5, 5.41) is 4.52. The number of hydrogen-bond acceptors (Lipinski definition) is 3. The topological polar surface area (TPSA) is 63.5 Å². The van der Waals surface area contributed by atoms with Gasteiger partial charge in [0.2, 0.25) is 5.91 Å². The molecule has 1 fully saturated rings. The molecule has 0 bridgehead atoms. The van der Waals surface area contributed by atoms with Gasteiger partial charge in [-0.25, -0.2) is 4.39 Å². The Morgan fingerprint density at radius 3 is 2.78 bits per heavy atom. The van der Waals surface area contributed by atoms with Crippen LogP contribution in [0.3, 0.4) is 0 Å². The smallest absolute Gasteiger partial charge is 0.281 e. The van der Waals surface area contributed by atoms with Gasteiger partial charge in [0.25, 0.3) is 5.91 Å². The summed E-state index contributed by atoms with van der Waals surface area (Å²) in [6, 6.07) is 3.72. The van der Waals surface area contributed by atoms with Crippen molar-refractivity contribution in [2.24, 2.45) is 23.9 Å². The molecule has 2 aromatic rings. The van der Waals surface area contributed by atoms with Gasteiger partial charge in [-0.1, -0.05) is 6.92 Å². The van der Waals surface area contributed by atoms with Gasteiger partial charge < -0.3 is 9.88 Å². The van der Waals surface area contributed by atoms with E-state index in [1.165, 1.54) is 23.5 Å². The molecule has 0 aliphatic heterocycles. The molecule has 7 heteroatoms. The van der Waals surface area contributed by atoms with Crippen LogP contribution in [0.1, 0.15) is 23.7 Å². The van der Waals surface area contributed by atoms with Gasteiger partial charge in [-0.15, -0.1) is 11.3 Å². The Labute approximate surface area is 136 Å². The summed E-state index contributed by atoms with van der Waals surface area (Å²) < 4.78 is 15.2. The molecule has 1 heterocycles. The van der Waals surface area contributed by atoms with Crippen molar-refractivity contribution in [3.05, 3.63) is 46.0 Å². The van der Waals surface area contributed by atoms with Gasteiger partial charge in [-0.05, 0) is 30.5 Å². The molecule has 23 heavy (non-hydrogen) atoms. The number of halogens is 1. The highest BCUT2D eigenvalue weighted by Crippen LogP contribution is 2.38. The van der Waals surface area contributed by atoms with Crippen LogP contribution in [-0.2, 0) is 11.8 Å². The van der Waals surface area contributed by atoms with E-state index >= 15 is 0 Å². The van der Waals surface area contributed by atoms with Crippen molar-refractivity contribution >= 4 is 28.8 Å².